The molecule has 0 unspecified atom stereocenters. The van der Waals surface area contributed by atoms with Gasteiger partial charge >= 0.3 is 0 Å². The van der Waals surface area contributed by atoms with Gasteiger partial charge in [0.1, 0.15) is 0 Å². The Balaban J connectivity index is 2.60. The van der Waals surface area contributed by atoms with Crippen LogP contribution in [0.2, 0.25) is 0 Å². The Hall–Kier alpha value is -0.190. The van der Waals surface area contributed by atoms with Gasteiger partial charge < -0.3 is 10.5 Å². The monoisotopic (exact) mass is 272 g/mol. The summed E-state index contributed by atoms with van der Waals surface area (Å²) in [6.45, 7) is 15.8. The van der Waals surface area contributed by atoms with E-state index in [4.69, 9.17) is 22.7 Å². The lowest BCUT2D eigenvalue weighted by Gasteiger charge is -2.47. The van der Waals surface area contributed by atoms with Crippen LogP contribution in [-0.2, 0) is 4.74 Å². The Morgan fingerprint density at radius 1 is 1.22 bits per heavy atom. The molecule has 1 heterocycles. The van der Waals surface area contributed by atoms with Gasteiger partial charge in [-0.05, 0) is 40.7 Å². The highest BCUT2D eigenvalue weighted by Crippen LogP contribution is 2.29. The number of hydrogen-bond donors (Lipinski definition) is 1. The van der Waals surface area contributed by atoms with E-state index in [2.05, 4.69) is 46.4 Å². The highest BCUT2D eigenvalue weighted by Gasteiger charge is 2.38. The number of hydrogen-bond acceptors (Lipinski definition) is 3. The van der Waals surface area contributed by atoms with Gasteiger partial charge in [-0.3, -0.25) is 4.90 Å². The van der Waals surface area contributed by atoms with Crippen molar-refractivity contribution in [3.05, 3.63) is 0 Å². The van der Waals surface area contributed by atoms with Crippen molar-refractivity contribution >= 4 is 17.2 Å². The largest absolute Gasteiger partial charge is 0.393 e. The standard InChI is InChI=1S/C14H28N2OS/c1-12(2,11(15)18)7-8-16-9-13(3,4)17-14(5,6)10-16/h7-10H2,1-6H3,(H2,15,18). The first-order valence-corrected chi connectivity index (χ1v) is 7.07. The molecule has 1 aliphatic heterocycles. The molecule has 18 heavy (non-hydrogen) atoms. The Kier molecular flexibility index (Phi) is 4.46. The summed E-state index contributed by atoms with van der Waals surface area (Å²) in [6, 6.07) is 0. The number of thiocarbonyl (C=S) groups is 1. The van der Waals surface area contributed by atoms with Crippen molar-refractivity contribution < 1.29 is 4.74 Å². The minimum Gasteiger partial charge on any atom is -0.393 e. The van der Waals surface area contributed by atoms with Crippen LogP contribution in [0.3, 0.4) is 0 Å². The van der Waals surface area contributed by atoms with Crippen molar-refractivity contribution in [1.29, 1.82) is 0 Å². The van der Waals surface area contributed by atoms with E-state index >= 15 is 0 Å². The lowest BCUT2D eigenvalue weighted by molar-refractivity contribution is -0.180. The number of morpholine rings is 1. The average Bonchev–Trinajstić information content (AvgIpc) is 2.09. The molecule has 1 fully saturated rings. The quantitative estimate of drug-likeness (QED) is 0.798. The van der Waals surface area contributed by atoms with Crippen molar-refractivity contribution in [1.82, 2.24) is 4.90 Å². The summed E-state index contributed by atoms with van der Waals surface area (Å²) >= 11 is 5.12. The van der Waals surface area contributed by atoms with Crippen molar-refractivity contribution in [2.75, 3.05) is 19.6 Å². The third kappa shape index (κ3) is 4.48. The summed E-state index contributed by atoms with van der Waals surface area (Å²) < 4.78 is 6.08. The van der Waals surface area contributed by atoms with E-state index in [1.165, 1.54) is 0 Å². The molecule has 0 radical (unpaired) electrons. The minimum atomic E-state index is -0.0882. The summed E-state index contributed by atoms with van der Waals surface area (Å²) in [7, 11) is 0. The highest BCUT2D eigenvalue weighted by atomic mass is 32.1. The zero-order valence-corrected chi connectivity index (χ0v) is 13.5. The third-order valence-electron chi connectivity index (χ3n) is 3.48. The molecule has 0 aliphatic carbocycles. The summed E-state index contributed by atoms with van der Waals surface area (Å²) in [5, 5.41) is 0. The van der Waals surface area contributed by atoms with E-state index in [1.807, 2.05) is 0 Å². The maximum atomic E-state index is 6.08. The summed E-state index contributed by atoms with van der Waals surface area (Å²) in [5.41, 5.74) is 5.54. The van der Waals surface area contributed by atoms with Crippen LogP contribution in [-0.4, -0.2) is 40.7 Å². The maximum Gasteiger partial charge on any atom is 0.0784 e. The molecule has 0 spiro atoms. The average molecular weight is 272 g/mol. The third-order valence-corrected chi connectivity index (χ3v) is 4.03. The Morgan fingerprint density at radius 2 is 1.67 bits per heavy atom. The van der Waals surface area contributed by atoms with Crippen LogP contribution in [0.5, 0.6) is 0 Å². The maximum absolute atomic E-state index is 6.08. The predicted molar refractivity (Wildman–Crippen MR) is 80.9 cm³/mol. The Morgan fingerprint density at radius 3 is 2.06 bits per heavy atom. The van der Waals surface area contributed by atoms with E-state index in [-0.39, 0.29) is 16.6 Å². The molecular formula is C14H28N2OS. The number of nitrogens with two attached hydrogens (primary N) is 1. The predicted octanol–water partition coefficient (Wildman–Crippen LogP) is 2.58. The molecule has 0 amide bonds. The smallest absolute Gasteiger partial charge is 0.0784 e. The Bertz CT molecular complexity index is 308. The summed E-state index contributed by atoms with van der Waals surface area (Å²) in [6.07, 6.45) is 0.995. The highest BCUT2D eigenvalue weighted by molar-refractivity contribution is 7.80. The number of ether oxygens (including phenoxy) is 1. The van der Waals surface area contributed by atoms with Gasteiger partial charge in [0.15, 0.2) is 0 Å². The van der Waals surface area contributed by atoms with Crippen LogP contribution in [0.1, 0.15) is 48.0 Å². The van der Waals surface area contributed by atoms with Gasteiger partial charge in [-0.2, -0.15) is 0 Å². The van der Waals surface area contributed by atoms with Gasteiger partial charge in [-0.1, -0.05) is 26.1 Å². The minimum absolute atomic E-state index is 0.0675. The fourth-order valence-electron chi connectivity index (χ4n) is 2.66. The van der Waals surface area contributed by atoms with Crippen LogP contribution >= 0.6 is 12.2 Å². The molecule has 1 aliphatic rings. The SMILES string of the molecule is CC1(C)CN(CCC(C)(C)C(N)=S)CC(C)(C)O1. The molecule has 0 aromatic carbocycles. The van der Waals surface area contributed by atoms with Crippen LogP contribution < -0.4 is 5.73 Å². The molecule has 1 saturated heterocycles. The van der Waals surface area contributed by atoms with E-state index in [0.717, 1.165) is 26.1 Å². The van der Waals surface area contributed by atoms with Crippen molar-refractivity contribution in [3.8, 4) is 0 Å². The number of rotatable bonds is 4. The summed E-state index contributed by atoms with van der Waals surface area (Å²) in [4.78, 5) is 3.07. The van der Waals surface area contributed by atoms with Gasteiger partial charge in [-0.15, -0.1) is 0 Å². The number of nitrogens with zero attached hydrogens (tertiary/aromatic N) is 1. The molecule has 2 N–H and O–H groups in total. The molecule has 0 atom stereocenters. The molecule has 3 nitrogen and oxygen atoms in total. The molecular weight excluding hydrogens is 244 g/mol. The molecule has 1 rings (SSSR count). The first-order valence-electron chi connectivity index (χ1n) is 6.66. The van der Waals surface area contributed by atoms with Gasteiger partial charge in [-0.25, -0.2) is 0 Å². The van der Waals surface area contributed by atoms with Gasteiger partial charge in [0.25, 0.3) is 0 Å². The van der Waals surface area contributed by atoms with Crippen molar-refractivity contribution in [2.24, 2.45) is 11.1 Å². The Labute approximate surface area is 117 Å². The first kappa shape index (κ1) is 15.9. The van der Waals surface area contributed by atoms with Gasteiger partial charge in [0, 0.05) is 18.5 Å². The van der Waals surface area contributed by atoms with Gasteiger partial charge in [0.05, 0.1) is 16.2 Å². The summed E-state index contributed by atoms with van der Waals surface area (Å²) in [5.74, 6) is 0. The second-order valence-corrected chi connectivity index (χ2v) is 7.77. The first-order chi connectivity index (χ1) is 7.94. The van der Waals surface area contributed by atoms with E-state index in [0.29, 0.717) is 4.99 Å². The second kappa shape index (κ2) is 5.06. The fraction of sp³-hybridized carbons (Fsp3) is 0.929. The fourth-order valence-corrected chi connectivity index (χ4v) is 2.77. The van der Waals surface area contributed by atoms with Crippen molar-refractivity contribution in [2.45, 2.75) is 59.2 Å². The molecule has 0 saturated carbocycles. The van der Waals surface area contributed by atoms with Crippen LogP contribution in [0.4, 0.5) is 0 Å². The van der Waals surface area contributed by atoms with Crippen LogP contribution in [0.25, 0.3) is 0 Å². The molecule has 0 aromatic rings. The zero-order valence-electron chi connectivity index (χ0n) is 12.7. The zero-order chi connectivity index (χ0) is 14.2. The van der Waals surface area contributed by atoms with Crippen LogP contribution in [0, 0.1) is 5.41 Å². The topological polar surface area (TPSA) is 38.5 Å². The molecule has 106 valence electrons. The second-order valence-electron chi connectivity index (χ2n) is 7.33. The lowest BCUT2D eigenvalue weighted by atomic mass is 9.88. The van der Waals surface area contributed by atoms with E-state index in [9.17, 15) is 0 Å². The van der Waals surface area contributed by atoms with E-state index < -0.39 is 0 Å². The van der Waals surface area contributed by atoms with Gasteiger partial charge in [0.2, 0.25) is 0 Å². The molecule has 0 bridgehead atoms. The molecule has 4 heteroatoms. The van der Waals surface area contributed by atoms with E-state index in [1.54, 1.807) is 0 Å². The normalized spacial score (nSPS) is 23.9. The van der Waals surface area contributed by atoms with Crippen molar-refractivity contribution in [3.63, 3.8) is 0 Å². The lowest BCUT2D eigenvalue weighted by Crippen LogP contribution is -2.57. The molecule has 0 aromatic heterocycles. The van der Waals surface area contributed by atoms with Crippen LogP contribution in [0.15, 0.2) is 0 Å².